The fourth-order valence-electron chi connectivity index (χ4n) is 2.91. The summed E-state index contributed by atoms with van der Waals surface area (Å²) in [5, 5.41) is 0. The molecule has 7 nitrogen and oxygen atoms in total. The van der Waals surface area contributed by atoms with Gasteiger partial charge in [-0.3, -0.25) is 9.59 Å². The Morgan fingerprint density at radius 1 is 1.12 bits per heavy atom. The maximum Gasteiger partial charge on any atom is 0.305 e. The molecule has 0 aromatic heterocycles. The summed E-state index contributed by atoms with van der Waals surface area (Å²) in [5.41, 5.74) is 0.208. The van der Waals surface area contributed by atoms with Gasteiger partial charge < -0.3 is 23.7 Å². The Kier molecular flexibility index (Phi) is 4.84. The van der Waals surface area contributed by atoms with E-state index < -0.39 is 36.0 Å². The molecule has 130 valence electrons. The molecule has 1 unspecified atom stereocenters. The van der Waals surface area contributed by atoms with Gasteiger partial charge in [0.05, 0.1) is 19.8 Å². The summed E-state index contributed by atoms with van der Waals surface area (Å²) in [6.07, 6.45) is -2.42. The molecule has 7 heteroatoms. The average Bonchev–Trinajstić information content (AvgIpc) is 2.79. The second-order valence-corrected chi connectivity index (χ2v) is 5.94. The van der Waals surface area contributed by atoms with Crippen molar-refractivity contribution in [3.8, 4) is 0 Å². The highest BCUT2D eigenvalue weighted by Crippen LogP contribution is 2.41. The van der Waals surface area contributed by atoms with Crippen LogP contribution in [0.5, 0.6) is 0 Å². The van der Waals surface area contributed by atoms with Gasteiger partial charge in [-0.1, -0.05) is 30.3 Å². The summed E-state index contributed by atoms with van der Waals surface area (Å²) < 4.78 is 27.6. The highest BCUT2D eigenvalue weighted by Gasteiger charge is 2.63. The van der Waals surface area contributed by atoms with Crippen molar-refractivity contribution >= 4 is 11.9 Å². The first-order chi connectivity index (χ1) is 11.5. The summed E-state index contributed by atoms with van der Waals surface area (Å²) in [6.45, 7) is 3.47. The predicted molar refractivity (Wildman–Crippen MR) is 80.8 cm³/mol. The van der Waals surface area contributed by atoms with Gasteiger partial charge in [0.1, 0.15) is 11.7 Å². The SMILES string of the molecule is CC(=O)OC1OC2(COC2)[C@H](OCc2ccccc2)[C@H]1OC(C)=O. The first-order valence-corrected chi connectivity index (χ1v) is 7.76. The van der Waals surface area contributed by atoms with E-state index >= 15 is 0 Å². The van der Waals surface area contributed by atoms with Crippen molar-refractivity contribution in [2.45, 2.75) is 44.6 Å². The van der Waals surface area contributed by atoms with E-state index in [1.807, 2.05) is 30.3 Å². The number of esters is 2. The molecule has 2 aliphatic heterocycles. The summed E-state index contributed by atoms with van der Waals surface area (Å²) in [7, 11) is 0. The zero-order chi connectivity index (χ0) is 17.2. The number of benzene rings is 1. The molecular formula is C17H20O7. The average molecular weight is 336 g/mol. The largest absolute Gasteiger partial charge is 0.453 e. The highest BCUT2D eigenvalue weighted by atomic mass is 16.8. The van der Waals surface area contributed by atoms with Gasteiger partial charge in [0.15, 0.2) is 6.10 Å². The van der Waals surface area contributed by atoms with E-state index in [0.29, 0.717) is 19.8 Å². The molecule has 0 bridgehead atoms. The van der Waals surface area contributed by atoms with E-state index in [-0.39, 0.29) is 0 Å². The van der Waals surface area contributed by atoms with Crippen LogP contribution >= 0.6 is 0 Å². The topological polar surface area (TPSA) is 80.3 Å². The monoisotopic (exact) mass is 336 g/mol. The molecule has 0 saturated carbocycles. The minimum Gasteiger partial charge on any atom is -0.453 e. The van der Waals surface area contributed by atoms with Crippen LogP contribution in [0, 0.1) is 0 Å². The van der Waals surface area contributed by atoms with E-state index in [2.05, 4.69) is 0 Å². The fraction of sp³-hybridized carbons (Fsp3) is 0.529. The quantitative estimate of drug-likeness (QED) is 0.747. The van der Waals surface area contributed by atoms with E-state index in [9.17, 15) is 9.59 Å². The molecule has 2 aliphatic rings. The first-order valence-electron chi connectivity index (χ1n) is 7.76. The van der Waals surface area contributed by atoms with E-state index in [1.54, 1.807) is 0 Å². The van der Waals surface area contributed by atoms with E-state index in [4.69, 9.17) is 23.7 Å². The van der Waals surface area contributed by atoms with Crippen molar-refractivity contribution in [3.63, 3.8) is 0 Å². The summed E-state index contributed by atoms with van der Waals surface area (Å²) in [4.78, 5) is 22.8. The number of carbonyl (C=O) groups is 2. The Labute approximate surface area is 139 Å². The lowest BCUT2D eigenvalue weighted by molar-refractivity contribution is -0.264. The van der Waals surface area contributed by atoms with E-state index in [0.717, 1.165) is 5.56 Å². The minimum atomic E-state index is -1.00. The van der Waals surface area contributed by atoms with Gasteiger partial charge >= 0.3 is 11.9 Å². The summed E-state index contributed by atoms with van der Waals surface area (Å²) in [6, 6.07) is 9.62. The lowest BCUT2D eigenvalue weighted by Gasteiger charge is -2.41. The normalized spacial score (nSPS) is 27.5. The van der Waals surface area contributed by atoms with Crippen LogP contribution in [-0.2, 0) is 39.9 Å². The zero-order valence-corrected chi connectivity index (χ0v) is 13.6. The molecule has 0 aliphatic carbocycles. The van der Waals surface area contributed by atoms with Crippen LogP contribution in [0.25, 0.3) is 0 Å². The van der Waals surface area contributed by atoms with E-state index in [1.165, 1.54) is 13.8 Å². The Hall–Kier alpha value is -1.96. The third kappa shape index (κ3) is 3.43. The van der Waals surface area contributed by atoms with Crippen LogP contribution < -0.4 is 0 Å². The molecule has 1 spiro atoms. The maximum absolute atomic E-state index is 11.5. The molecule has 1 aromatic rings. The lowest BCUT2D eigenvalue weighted by Crippen LogP contribution is -2.59. The molecule has 0 amide bonds. The molecule has 2 heterocycles. The summed E-state index contributed by atoms with van der Waals surface area (Å²) in [5.74, 6) is -1.01. The Morgan fingerprint density at radius 2 is 1.79 bits per heavy atom. The smallest absolute Gasteiger partial charge is 0.305 e. The van der Waals surface area contributed by atoms with Crippen molar-refractivity contribution in [3.05, 3.63) is 35.9 Å². The molecule has 2 fully saturated rings. The molecule has 3 rings (SSSR count). The number of carbonyl (C=O) groups excluding carboxylic acids is 2. The van der Waals surface area contributed by atoms with Crippen molar-refractivity contribution in [1.82, 2.24) is 0 Å². The molecule has 1 aromatic carbocycles. The molecule has 0 radical (unpaired) electrons. The first kappa shape index (κ1) is 16.9. The third-order valence-electron chi connectivity index (χ3n) is 3.99. The number of ether oxygens (including phenoxy) is 5. The second-order valence-electron chi connectivity index (χ2n) is 5.94. The number of hydrogen-bond donors (Lipinski definition) is 0. The maximum atomic E-state index is 11.5. The minimum absolute atomic E-state index is 0.294. The number of rotatable bonds is 5. The molecular weight excluding hydrogens is 316 g/mol. The Morgan fingerprint density at radius 3 is 2.33 bits per heavy atom. The Bertz CT molecular complexity index is 596. The predicted octanol–water partition coefficient (Wildman–Crippen LogP) is 1.19. The van der Waals surface area contributed by atoms with Crippen LogP contribution in [0.1, 0.15) is 19.4 Å². The van der Waals surface area contributed by atoms with Crippen LogP contribution in [-0.4, -0.2) is 49.3 Å². The van der Waals surface area contributed by atoms with Crippen LogP contribution in [0.2, 0.25) is 0 Å². The molecule has 3 atom stereocenters. The molecule has 24 heavy (non-hydrogen) atoms. The van der Waals surface area contributed by atoms with Gasteiger partial charge in [-0.15, -0.1) is 0 Å². The van der Waals surface area contributed by atoms with Gasteiger partial charge in [0, 0.05) is 13.8 Å². The van der Waals surface area contributed by atoms with Crippen molar-refractivity contribution in [1.29, 1.82) is 0 Å². The Balaban J connectivity index is 1.78. The zero-order valence-electron chi connectivity index (χ0n) is 13.6. The van der Waals surface area contributed by atoms with Gasteiger partial charge in [-0.25, -0.2) is 0 Å². The van der Waals surface area contributed by atoms with Gasteiger partial charge in [-0.2, -0.15) is 0 Å². The second kappa shape index (κ2) is 6.88. The fourth-order valence-corrected chi connectivity index (χ4v) is 2.91. The van der Waals surface area contributed by atoms with Crippen molar-refractivity contribution in [2.24, 2.45) is 0 Å². The van der Waals surface area contributed by atoms with Crippen LogP contribution in [0.15, 0.2) is 30.3 Å². The van der Waals surface area contributed by atoms with Crippen LogP contribution in [0.4, 0.5) is 0 Å². The highest BCUT2D eigenvalue weighted by molar-refractivity contribution is 5.67. The molecule has 2 saturated heterocycles. The number of hydrogen-bond acceptors (Lipinski definition) is 7. The lowest BCUT2D eigenvalue weighted by atomic mass is 9.93. The van der Waals surface area contributed by atoms with Gasteiger partial charge in [0.25, 0.3) is 0 Å². The third-order valence-corrected chi connectivity index (χ3v) is 3.99. The van der Waals surface area contributed by atoms with Crippen molar-refractivity contribution in [2.75, 3.05) is 13.2 Å². The van der Waals surface area contributed by atoms with Gasteiger partial charge in [0.2, 0.25) is 6.29 Å². The van der Waals surface area contributed by atoms with Gasteiger partial charge in [-0.05, 0) is 5.56 Å². The summed E-state index contributed by atoms with van der Waals surface area (Å²) >= 11 is 0. The van der Waals surface area contributed by atoms with Crippen molar-refractivity contribution < 1.29 is 33.3 Å². The standard InChI is InChI=1S/C17H20O7/c1-11(18)22-14-15(21-8-13-6-4-3-5-7-13)17(9-20-10-17)24-16(14)23-12(2)19/h3-7,14-16H,8-10H2,1-2H3/t14-,15-,16?/m1/s1. The van der Waals surface area contributed by atoms with Crippen LogP contribution in [0.3, 0.4) is 0 Å². The molecule has 0 N–H and O–H groups in total.